The molecule has 0 aromatic rings. The van der Waals surface area contributed by atoms with Crippen LogP contribution in [0.4, 0.5) is 0 Å². The lowest BCUT2D eigenvalue weighted by molar-refractivity contribution is -0.142. The molecule has 0 spiro atoms. The smallest absolute Gasteiger partial charge is 0.306 e. The minimum Gasteiger partial charge on any atom is -0.481 e. The zero-order valence-corrected chi connectivity index (χ0v) is 12.9. The summed E-state index contributed by atoms with van der Waals surface area (Å²) in [5.74, 6) is -0.669. The van der Waals surface area contributed by atoms with Crippen molar-refractivity contribution < 1.29 is 9.90 Å². The fourth-order valence-corrected chi connectivity index (χ4v) is 3.21. The van der Waals surface area contributed by atoms with Crippen molar-refractivity contribution in [1.29, 1.82) is 0 Å². The molecule has 0 amide bonds. The van der Waals surface area contributed by atoms with Crippen molar-refractivity contribution in [3.63, 3.8) is 0 Å². The number of hydrogen-bond donors (Lipinski definition) is 1. The zero-order valence-electron chi connectivity index (χ0n) is 12.9. The van der Waals surface area contributed by atoms with Gasteiger partial charge in [-0.2, -0.15) is 0 Å². The van der Waals surface area contributed by atoms with Crippen molar-refractivity contribution in [1.82, 2.24) is 0 Å². The van der Waals surface area contributed by atoms with Crippen molar-refractivity contribution in [2.24, 2.45) is 11.3 Å². The van der Waals surface area contributed by atoms with Crippen LogP contribution in [0.5, 0.6) is 0 Å². The first-order valence-electron chi connectivity index (χ1n) is 8.24. The van der Waals surface area contributed by atoms with Crippen molar-refractivity contribution in [2.45, 2.75) is 90.9 Å². The molecular weight excluding hydrogens is 236 g/mol. The maximum Gasteiger partial charge on any atom is 0.306 e. The number of carboxylic acids is 1. The highest BCUT2D eigenvalue weighted by molar-refractivity contribution is 5.69. The molecule has 0 aromatic carbocycles. The lowest BCUT2D eigenvalue weighted by atomic mass is 9.81. The Kier molecular flexibility index (Phi) is 7.48. The summed E-state index contributed by atoms with van der Waals surface area (Å²) in [5.41, 5.74) is 0.447. The fraction of sp³-hybridized carbons (Fsp3) is 0.941. The molecule has 0 heterocycles. The van der Waals surface area contributed by atoms with E-state index < -0.39 is 5.97 Å². The molecule has 0 aliphatic heterocycles. The highest BCUT2D eigenvalue weighted by Crippen LogP contribution is 2.31. The molecule has 0 radical (unpaired) electrons. The lowest BCUT2D eigenvalue weighted by Crippen LogP contribution is -2.15. The van der Waals surface area contributed by atoms with Crippen LogP contribution in [-0.2, 0) is 4.79 Å². The van der Waals surface area contributed by atoms with Gasteiger partial charge < -0.3 is 5.11 Å². The highest BCUT2D eigenvalue weighted by atomic mass is 16.4. The van der Waals surface area contributed by atoms with Gasteiger partial charge in [-0.3, -0.25) is 4.79 Å². The third-order valence-corrected chi connectivity index (χ3v) is 4.66. The number of hydrogen-bond acceptors (Lipinski definition) is 1. The number of aliphatic carboxylic acids is 1. The van der Waals surface area contributed by atoms with Gasteiger partial charge in [-0.1, -0.05) is 65.2 Å². The van der Waals surface area contributed by atoms with Crippen LogP contribution in [0, 0.1) is 11.3 Å². The molecule has 0 saturated heterocycles. The average molecular weight is 268 g/mol. The third kappa shape index (κ3) is 7.59. The van der Waals surface area contributed by atoms with E-state index in [0.29, 0.717) is 5.41 Å². The van der Waals surface area contributed by atoms with E-state index in [1.165, 1.54) is 51.4 Å². The van der Waals surface area contributed by atoms with Crippen LogP contribution in [0.1, 0.15) is 90.9 Å². The molecule has 1 N–H and O–H groups in total. The largest absolute Gasteiger partial charge is 0.481 e. The van der Waals surface area contributed by atoms with E-state index >= 15 is 0 Å². The molecule has 112 valence electrons. The first-order chi connectivity index (χ1) is 9.01. The van der Waals surface area contributed by atoms with E-state index in [0.717, 1.165) is 25.7 Å². The topological polar surface area (TPSA) is 37.3 Å². The van der Waals surface area contributed by atoms with Crippen LogP contribution >= 0.6 is 0 Å². The summed E-state index contributed by atoms with van der Waals surface area (Å²) in [7, 11) is 0. The molecule has 2 nitrogen and oxygen atoms in total. The van der Waals surface area contributed by atoms with Gasteiger partial charge in [-0.25, -0.2) is 0 Å². The van der Waals surface area contributed by atoms with Gasteiger partial charge in [0.2, 0.25) is 0 Å². The molecule has 0 aromatic heterocycles. The van der Waals surface area contributed by atoms with E-state index in [1.54, 1.807) is 0 Å². The Morgan fingerprint density at radius 1 is 0.842 bits per heavy atom. The van der Waals surface area contributed by atoms with Crippen molar-refractivity contribution >= 4 is 5.97 Å². The van der Waals surface area contributed by atoms with Crippen LogP contribution in [0.2, 0.25) is 0 Å². The molecule has 1 atom stereocenters. The van der Waals surface area contributed by atoms with Crippen molar-refractivity contribution in [2.75, 3.05) is 0 Å². The Hall–Kier alpha value is -0.530. The summed E-state index contributed by atoms with van der Waals surface area (Å²) in [4.78, 5) is 11.2. The quantitative estimate of drug-likeness (QED) is 0.690. The molecule has 19 heavy (non-hydrogen) atoms. The van der Waals surface area contributed by atoms with Crippen LogP contribution in [0.3, 0.4) is 0 Å². The molecule has 1 aliphatic carbocycles. The molecule has 2 heteroatoms. The Morgan fingerprint density at radius 2 is 1.26 bits per heavy atom. The monoisotopic (exact) mass is 268 g/mol. The van der Waals surface area contributed by atoms with Gasteiger partial charge in [0.15, 0.2) is 0 Å². The number of carbonyl (C=O) groups is 1. The van der Waals surface area contributed by atoms with E-state index in [9.17, 15) is 9.90 Å². The first kappa shape index (κ1) is 16.5. The maximum absolute atomic E-state index is 11.2. The molecule has 1 fully saturated rings. The summed E-state index contributed by atoms with van der Waals surface area (Å²) in [6.07, 6.45) is 14.3. The Morgan fingerprint density at radius 3 is 1.84 bits per heavy atom. The molecule has 0 bridgehead atoms. The van der Waals surface area contributed by atoms with Gasteiger partial charge in [0.1, 0.15) is 0 Å². The summed E-state index contributed by atoms with van der Waals surface area (Å²) < 4.78 is 0. The van der Waals surface area contributed by atoms with Crippen LogP contribution < -0.4 is 0 Å². The zero-order chi connectivity index (χ0) is 14.1. The van der Waals surface area contributed by atoms with Crippen LogP contribution in [0.25, 0.3) is 0 Å². The maximum atomic E-state index is 11.2. The number of carboxylic acid groups (broad SMARTS) is 1. The molecule has 1 saturated carbocycles. The van der Waals surface area contributed by atoms with E-state index in [1.807, 2.05) is 0 Å². The van der Waals surface area contributed by atoms with Gasteiger partial charge in [-0.15, -0.1) is 0 Å². The summed E-state index contributed by atoms with van der Waals surface area (Å²) >= 11 is 0. The molecule has 1 aliphatic rings. The molecular formula is C17H32O2. The van der Waals surface area contributed by atoms with Crippen LogP contribution in [-0.4, -0.2) is 11.1 Å². The summed E-state index contributed by atoms with van der Waals surface area (Å²) in [5, 5.41) is 9.25. The number of rotatable bonds is 1. The van der Waals surface area contributed by atoms with Gasteiger partial charge in [0, 0.05) is 0 Å². The summed E-state index contributed by atoms with van der Waals surface area (Å²) in [6, 6.07) is 0. The minimum absolute atomic E-state index is 0.0916. The second kappa shape index (κ2) is 8.60. The van der Waals surface area contributed by atoms with Crippen molar-refractivity contribution in [3.05, 3.63) is 0 Å². The van der Waals surface area contributed by atoms with E-state index in [2.05, 4.69) is 13.8 Å². The minimum atomic E-state index is -0.577. The van der Waals surface area contributed by atoms with E-state index in [-0.39, 0.29) is 5.92 Å². The Balaban J connectivity index is 2.43. The lowest BCUT2D eigenvalue weighted by Gasteiger charge is -2.25. The standard InChI is InChI=1S/C17H32O2/c1-17(2)13-9-6-4-3-5-7-11-15(16(18)19)12-8-10-14-17/h15H,3-14H2,1-2H3,(H,18,19). The first-order valence-corrected chi connectivity index (χ1v) is 8.24. The van der Waals surface area contributed by atoms with E-state index in [4.69, 9.17) is 0 Å². The van der Waals surface area contributed by atoms with Crippen LogP contribution in [0.15, 0.2) is 0 Å². The third-order valence-electron chi connectivity index (χ3n) is 4.66. The van der Waals surface area contributed by atoms with Gasteiger partial charge >= 0.3 is 5.97 Å². The normalized spacial score (nSPS) is 27.4. The average Bonchev–Trinajstić information content (AvgIpc) is 2.33. The second-order valence-electron chi connectivity index (χ2n) is 7.11. The fourth-order valence-electron chi connectivity index (χ4n) is 3.21. The summed E-state index contributed by atoms with van der Waals surface area (Å²) in [6.45, 7) is 4.74. The van der Waals surface area contributed by atoms with Crippen molar-refractivity contribution in [3.8, 4) is 0 Å². The SMILES string of the molecule is CC1(C)CCCCCCCCC(C(=O)O)CCCC1. The molecule has 1 rings (SSSR count). The predicted molar refractivity (Wildman–Crippen MR) is 80.3 cm³/mol. The Bertz CT molecular complexity index is 258. The van der Waals surface area contributed by atoms with Gasteiger partial charge in [0.25, 0.3) is 0 Å². The second-order valence-corrected chi connectivity index (χ2v) is 7.11. The highest BCUT2D eigenvalue weighted by Gasteiger charge is 2.20. The van der Waals surface area contributed by atoms with Gasteiger partial charge in [0.05, 0.1) is 5.92 Å². The predicted octanol–water partition coefficient (Wildman–Crippen LogP) is 5.41. The Labute approximate surface area is 119 Å². The molecule has 1 unspecified atom stereocenters. The van der Waals surface area contributed by atoms with Gasteiger partial charge in [-0.05, 0) is 31.1 Å².